The average molecular weight is 455 g/mol. The van der Waals surface area contributed by atoms with Crippen molar-refractivity contribution in [1.82, 2.24) is 28.7 Å². The number of ether oxygens (including phenoxy) is 1. The summed E-state index contributed by atoms with van der Waals surface area (Å²) in [4.78, 5) is 30.6. The number of aryl methyl sites for hydroxylation is 1. The van der Waals surface area contributed by atoms with Gasteiger partial charge in [-0.2, -0.15) is 4.98 Å². The number of benzene rings is 2. The Kier molecular flexibility index (Phi) is 4.45. The van der Waals surface area contributed by atoms with Crippen molar-refractivity contribution in [2.75, 3.05) is 6.61 Å². The third kappa shape index (κ3) is 2.83. The molecule has 0 aliphatic carbocycles. The van der Waals surface area contributed by atoms with Crippen LogP contribution in [0.2, 0.25) is 0 Å². The van der Waals surface area contributed by atoms with Crippen LogP contribution in [0.5, 0.6) is 5.75 Å². The molecule has 2 aromatic carbocycles. The molecule has 9 nitrogen and oxygen atoms in total. The number of imidazole rings is 2. The zero-order valence-corrected chi connectivity index (χ0v) is 18.1. The molecule has 1 atom stereocenters. The van der Waals surface area contributed by atoms with Gasteiger partial charge in [0, 0.05) is 18.5 Å². The zero-order chi connectivity index (χ0) is 23.4. The molecule has 0 N–H and O–H groups in total. The molecule has 0 fully saturated rings. The lowest BCUT2D eigenvalue weighted by Gasteiger charge is -2.26. The third-order valence-corrected chi connectivity index (χ3v) is 6.19. The first kappa shape index (κ1) is 20.1. The topological polar surface area (TPSA) is 84.1 Å². The highest BCUT2D eigenvalue weighted by Crippen LogP contribution is 2.37. The number of rotatable bonds is 3. The lowest BCUT2D eigenvalue weighted by molar-refractivity contribution is 0.243. The summed E-state index contributed by atoms with van der Waals surface area (Å²) in [5.41, 5.74) is 3.28. The van der Waals surface area contributed by atoms with Gasteiger partial charge in [0.25, 0.3) is 0 Å². The predicted molar refractivity (Wildman–Crippen MR) is 123 cm³/mol. The number of nitrogens with zero attached hydrogens (tertiary/aromatic N) is 7. The molecular formula is C24H18FN7O2. The highest BCUT2D eigenvalue weighted by molar-refractivity contribution is 5.81. The van der Waals surface area contributed by atoms with E-state index in [0.717, 1.165) is 0 Å². The van der Waals surface area contributed by atoms with Crippen molar-refractivity contribution < 1.29 is 9.13 Å². The fourth-order valence-corrected chi connectivity index (χ4v) is 4.61. The normalized spacial score (nSPS) is 15.3. The van der Waals surface area contributed by atoms with Crippen molar-refractivity contribution in [3.63, 3.8) is 0 Å². The van der Waals surface area contributed by atoms with Crippen LogP contribution in [-0.4, -0.2) is 35.3 Å². The summed E-state index contributed by atoms with van der Waals surface area (Å²) in [7, 11) is 0. The number of fused-ring (bicyclic) bond motifs is 3. The zero-order valence-electron chi connectivity index (χ0n) is 18.1. The molecule has 0 radical (unpaired) electrons. The summed E-state index contributed by atoms with van der Waals surface area (Å²) in [6, 6.07) is 9.52. The van der Waals surface area contributed by atoms with Gasteiger partial charge in [-0.3, -0.25) is 13.7 Å². The van der Waals surface area contributed by atoms with Crippen LogP contribution in [0.3, 0.4) is 0 Å². The minimum atomic E-state index is -0.453. The molecular weight excluding hydrogens is 437 g/mol. The molecule has 0 amide bonds. The molecule has 0 saturated heterocycles. The molecule has 3 aromatic heterocycles. The lowest BCUT2D eigenvalue weighted by Crippen LogP contribution is -2.31. The highest BCUT2D eigenvalue weighted by Gasteiger charge is 2.30. The predicted octanol–water partition coefficient (Wildman–Crippen LogP) is 4.01. The van der Waals surface area contributed by atoms with Gasteiger partial charge in [0.05, 0.1) is 36.5 Å². The Morgan fingerprint density at radius 3 is 2.94 bits per heavy atom. The van der Waals surface area contributed by atoms with Crippen LogP contribution in [0.15, 0.2) is 53.7 Å². The molecule has 0 bridgehead atoms. The van der Waals surface area contributed by atoms with Gasteiger partial charge in [-0.05, 0) is 25.1 Å². The quantitative estimate of drug-likeness (QED) is 0.384. The van der Waals surface area contributed by atoms with Gasteiger partial charge >= 0.3 is 5.69 Å². The Morgan fingerprint density at radius 2 is 2.12 bits per heavy atom. The Hall–Kier alpha value is -4.52. The van der Waals surface area contributed by atoms with E-state index in [1.807, 2.05) is 6.92 Å². The van der Waals surface area contributed by atoms with E-state index in [2.05, 4.69) is 14.8 Å². The summed E-state index contributed by atoms with van der Waals surface area (Å²) in [5, 5.41) is 0. The molecule has 4 heterocycles. The van der Waals surface area contributed by atoms with Crippen LogP contribution in [0.25, 0.3) is 33.0 Å². The summed E-state index contributed by atoms with van der Waals surface area (Å²) < 4.78 is 24.9. The first-order valence-corrected chi connectivity index (χ1v) is 10.8. The van der Waals surface area contributed by atoms with E-state index in [-0.39, 0.29) is 18.0 Å². The van der Waals surface area contributed by atoms with Crippen molar-refractivity contribution in [2.45, 2.75) is 25.9 Å². The average Bonchev–Trinajstić information content (AvgIpc) is 3.41. The van der Waals surface area contributed by atoms with Gasteiger partial charge in [-0.25, -0.2) is 24.0 Å². The Bertz CT molecular complexity index is 1690. The summed E-state index contributed by atoms with van der Waals surface area (Å²) in [6.45, 7) is 9.91. The molecule has 168 valence electrons. The second-order valence-electron chi connectivity index (χ2n) is 7.99. The third-order valence-electron chi connectivity index (χ3n) is 6.19. The highest BCUT2D eigenvalue weighted by atomic mass is 19.1. The minimum Gasteiger partial charge on any atom is -0.490 e. The number of para-hydroxylation sites is 1. The summed E-state index contributed by atoms with van der Waals surface area (Å²) in [5.74, 6) is 0.0422. The van der Waals surface area contributed by atoms with E-state index in [1.165, 1.54) is 6.07 Å². The molecule has 0 saturated carbocycles. The van der Waals surface area contributed by atoms with Crippen LogP contribution >= 0.6 is 0 Å². The van der Waals surface area contributed by atoms with Gasteiger partial charge < -0.3 is 4.74 Å². The second kappa shape index (κ2) is 7.52. The molecule has 1 aliphatic heterocycles. The number of hydrogen-bond acceptors (Lipinski definition) is 5. The Balaban J connectivity index is 1.60. The van der Waals surface area contributed by atoms with Crippen molar-refractivity contribution in [1.29, 1.82) is 0 Å². The van der Waals surface area contributed by atoms with Crippen LogP contribution in [-0.2, 0) is 6.54 Å². The van der Waals surface area contributed by atoms with E-state index in [4.69, 9.17) is 16.3 Å². The van der Waals surface area contributed by atoms with Gasteiger partial charge in [0.1, 0.15) is 11.8 Å². The SMILES string of the molecule is [C-]#[N+]c1ccc2ncn(-c3ncc4c(n3)n([C@@H]3CCOc5c(F)cccc53)c(=O)n4CC)c2c1. The van der Waals surface area contributed by atoms with Crippen molar-refractivity contribution in [3.05, 3.63) is 82.2 Å². The molecule has 5 aromatic rings. The molecule has 1 aliphatic rings. The molecule has 0 spiro atoms. The first-order chi connectivity index (χ1) is 16.6. The van der Waals surface area contributed by atoms with E-state index in [0.29, 0.717) is 52.4 Å². The first-order valence-electron chi connectivity index (χ1n) is 10.8. The molecule has 34 heavy (non-hydrogen) atoms. The fourth-order valence-electron chi connectivity index (χ4n) is 4.61. The van der Waals surface area contributed by atoms with Gasteiger partial charge in [-0.15, -0.1) is 0 Å². The van der Waals surface area contributed by atoms with E-state index >= 15 is 0 Å². The van der Waals surface area contributed by atoms with Gasteiger partial charge in [0.2, 0.25) is 5.95 Å². The molecule has 0 unspecified atom stereocenters. The van der Waals surface area contributed by atoms with E-state index < -0.39 is 11.9 Å². The number of halogens is 1. The van der Waals surface area contributed by atoms with Crippen molar-refractivity contribution in [3.8, 4) is 11.7 Å². The maximum absolute atomic E-state index is 14.4. The fraction of sp³-hybridized carbons (Fsp3) is 0.208. The smallest absolute Gasteiger partial charge is 0.330 e. The maximum Gasteiger partial charge on any atom is 0.330 e. The Morgan fingerprint density at radius 1 is 1.24 bits per heavy atom. The van der Waals surface area contributed by atoms with Crippen LogP contribution in [0.1, 0.15) is 24.9 Å². The lowest BCUT2D eigenvalue weighted by atomic mass is 10.00. The molecule has 6 rings (SSSR count). The molecule has 10 heteroatoms. The largest absolute Gasteiger partial charge is 0.490 e. The van der Waals surface area contributed by atoms with E-state index in [9.17, 15) is 9.18 Å². The van der Waals surface area contributed by atoms with Crippen LogP contribution in [0.4, 0.5) is 10.1 Å². The summed E-state index contributed by atoms with van der Waals surface area (Å²) >= 11 is 0. The van der Waals surface area contributed by atoms with Crippen LogP contribution in [0, 0.1) is 12.4 Å². The standard InChI is InChI=1S/C24H18FN7O2/c1-3-30-20-12-27-23(31-13-28-17-8-7-14(26-2)11-19(17)31)29-22(20)32(24(30)33)18-9-10-34-21-15(18)5-4-6-16(21)25/h4-8,11-13,18H,3,9-10H2,1H3/t18-/m1/s1. The monoisotopic (exact) mass is 455 g/mol. The van der Waals surface area contributed by atoms with Crippen LogP contribution < -0.4 is 10.4 Å². The Labute approximate surface area is 192 Å². The number of aromatic nitrogens is 6. The van der Waals surface area contributed by atoms with Crippen molar-refractivity contribution in [2.24, 2.45) is 0 Å². The van der Waals surface area contributed by atoms with Gasteiger partial charge in [0.15, 0.2) is 22.9 Å². The number of hydrogen-bond donors (Lipinski definition) is 0. The van der Waals surface area contributed by atoms with Crippen molar-refractivity contribution >= 4 is 27.9 Å². The van der Waals surface area contributed by atoms with Gasteiger partial charge in [-0.1, -0.05) is 18.2 Å². The minimum absolute atomic E-state index is 0.171. The maximum atomic E-state index is 14.4. The summed E-state index contributed by atoms with van der Waals surface area (Å²) in [6.07, 6.45) is 3.72. The van der Waals surface area contributed by atoms with E-state index in [1.54, 1.807) is 56.6 Å². The second-order valence-corrected chi connectivity index (χ2v) is 7.99.